The fourth-order valence-electron chi connectivity index (χ4n) is 3.52. The van der Waals surface area contributed by atoms with E-state index in [4.69, 9.17) is 4.74 Å². The molecule has 1 aliphatic rings. The second-order valence-electron chi connectivity index (χ2n) is 6.52. The Morgan fingerprint density at radius 3 is 2.67 bits per heavy atom. The van der Waals surface area contributed by atoms with Gasteiger partial charge in [0.25, 0.3) is 0 Å². The van der Waals surface area contributed by atoms with Crippen LogP contribution in [-0.2, 0) is 0 Å². The Labute approximate surface area is 130 Å². The molecule has 1 N–H and O–H groups in total. The lowest BCUT2D eigenvalue weighted by Gasteiger charge is -2.28. The SMILES string of the molecule is CCNCC1CCCCCC1c1ccccc1OC(C)C. The van der Waals surface area contributed by atoms with Gasteiger partial charge in [-0.15, -0.1) is 0 Å². The molecule has 0 heterocycles. The van der Waals surface area contributed by atoms with Crippen LogP contribution in [0.15, 0.2) is 24.3 Å². The lowest BCUT2D eigenvalue weighted by Crippen LogP contribution is -2.27. The summed E-state index contributed by atoms with van der Waals surface area (Å²) in [5.41, 5.74) is 1.43. The van der Waals surface area contributed by atoms with Crippen molar-refractivity contribution in [3.8, 4) is 5.75 Å². The second-order valence-corrected chi connectivity index (χ2v) is 6.52. The van der Waals surface area contributed by atoms with Crippen molar-refractivity contribution in [1.82, 2.24) is 5.32 Å². The maximum Gasteiger partial charge on any atom is 0.123 e. The van der Waals surface area contributed by atoms with Crippen LogP contribution < -0.4 is 10.1 Å². The van der Waals surface area contributed by atoms with Crippen molar-refractivity contribution in [2.45, 2.75) is 64.9 Å². The molecular formula is C19H31NO. The maximum atomic E-state index is 6.07. The van der Waals surface area contributed by atoms with Crippen LogP contribution in [0, 0.1) is 5.92 Å². The average molecular weight is 289 g/mol. The highest BCUT2D eigenvalue weighted by Crippen LogP contribution is 2.40. The van der Waals surface area contributed by atoms with Crippen LogP contribution in [0.4, 0.5) is 0 Å². The summed E-state index contributed by atoms with van der Waals surface area (Å²) < 4.78 is 6.07. The molecule has 2 rings (SSSR count). The lowest BCUT2D eigenvalue weighted by atomic mass is 9.82. The quantitative estimate of drug-likeness (QED) is 0.763. The molecule has 2 unspecified atom stereocenters. The molecule has 2 nitrogen and oxygen atoms in total. The molecule has 2 heteroatoms. The molecule has 1 saturated carbocycles. The largest absolute Gasteiger partial charge is 0.491 e. The highest BCUT2D eigenvalue weighted by molar-refractivity contribution is 5.37. The van der Waals surface area contributed by atoms with Gasteiger partial charge in [-0.3, -0.25) is 0 Å². The fourth-order valence-corrected chi connectivity index (χ4v) is 3.52. The van der Waals surface area contributed by atoms with E-state index in [0.717, 1.165) is 24.8 Å². The molecule has 1 fully saturated rings. The molecule has 0 radical (unpaired) electrons. The third-order valence-electron chi connectivity index (χ3n) is 4.50. The normalized spacial score (nSPS) is 23.0. The number of nitrogens with one attached hydrogen (secondary N) is 1. The molecule has 0 spiro atoms. The van der Waals surface area contributed by atoms with Crippen molar-refractivity contribution in [3.05, 3.63) is 29.8 Å². The smallest absolute Gasteiger partial charge is 0.123 e. The van der Waals surface area contributed by atoms with Crippen molar-refractivity contribution in [1.29, 1.82) is 0 Å². The Morgan fingerprint density at radius 2 is 1.90 bits per heavy atom. The van der Waals surface area contributed by atoms with E-state index in [-0.39, 0.29) is 6.10 Å². The van der Waals surface area contributed by atoms with Gasteiger partial charge in [-0.05, 0) is 63.2 Å². The van der Waals surface area contributed by atoms with Crippen LogP contribution >= 0.6 is 0 Å². The summed E-state index contributed by atoms with van der Waals surface area (Å²) in [4.78, 5) is 0. The molecule has 0 aliphatic heterocycles. The lowest BCUT2D eigenvalue weighted by molar-refractivity contribution is 0.235. The average Bonchev–Trinajstić information content (AvgIpc) is 2.70. The van der Waals surface area contributed by atoms with Crippen LogP contribution in [0.1, 0.15) is 64.4 Å². The van der Waals surface area contributed by atoms with Gasteiger partial charge in [-0.25, -0.2) is 0 Å². The Morgan fingerprint density at radius 1 is 1.14 bits per heavy atom. The maximum absolute atomic E-state index is 6.07. The molecule has 1 aromatic rings. The van der Waals surface area contributed by atoms with Gasteiger partial charge < -0.3 is 10.1 Å². The van der Waals surface area contributed by atoms with E-state index < -0.39 is 0 Å². The summed E-state index contributed by atoms with van der Waals surface area (Å²) >= 11 is 0. The standard InChI is InChI=1S/C19H31NO/c1-4-20-14-16-10-6-5-7-11-17(16)18-12-8-9-13-19(18)21-15(2)3/h8-9,12-13,15-17,20H,4-7,10-11,14H2,1-3H3. The summed E-state index contributed by atoms with van der Waals surface area (Å²) in [6.07, 6.45) is 6.99. The summed E-state index contributed by atoms with van der Waals surface area (Å²) in [6.45, 7) is 8.62. The van der Waals surface area contributed by atoms with Crippen LogP contribution in [0.25, 0.3) is 0 Å². The number of para-hydroxylation sites is 1. The number of ether oxygens (including phenoxy) is 1. The first-order chi connectivity index (χ1) is 10.2. The molecule has 2 atom stereocenters. The van der Waals surface area contributed by atoms with Gasteiger partial charge in [0.2, 0.25) is 0 Å². The molecule has 1 aromatic carbocycles. The first kappa shape index (κ1) is 16.4. The van der Waals surface area contributed by atoms with Gasteiger partial charge in [0.1, 0.15) is 5.75 Å². The van der Waals surface area contributed by atoms with Crippen molar-refractivity contribution < 1.29 is 4.74 Å². The zero-order valence-corrected chi connectivity index (χ0v) is 13.9. The molecule has 0 bridgehead atoms. The third-order valence-corrected chi connectivity index (χ3v) is 4.50. The number of hydrogen-bond acceptors (Lipinski definition) is 2. The summed E-state index contributed by atoms with van der Waals surface area (Å²) in [6, 6.07) is 8.69. The van der Waals surface area contributed by atoms with E-state index in [1.807, 2.05) is 0 Å². The minimum absolute atomic E-state index is 0.240. The van der Waals surface area contributed by atoms with E-state index in [9.17, 15) is 0 Å². The number of hydrogen-bond donors (Lipinski definition) is 1. The van der Waals surface area contributed by atoms with Crippen molar-refractivity contribution in [2.24, 2.45) is 5.92 Å². The zero-order valence-electron chi connectivity index (χ0n) is 13.9. The predicted molar refractivity (Wildman–Crippen MR) is 90.1 cm³/mol. The van der Waals surface area contributed by atoms with Crippen LogP contribution in [0.5, 0.6) is 5.75 Å². The van der Waals surface area contributed by atoms with E-state index in [1.54, 1.807) is 0 Å². The summed E-state index contributed by atoms with van der Waals surface area (Å²) in [5, 5.41) is 3.56. The van der Waals surface area contributed by atoms with Gasteiger partial charge in [-0.1, -0.05) is 44.4 Å². The predicted octanol–water partition coefficient (Wildman–Crippen LogP) is 4.75. The van der Waals surface area contributed by atoms with Gasteiger partial charge in [-0.2, -0.15) is 0 Å². The van der Waals surface area contributed by atoms with E-state index >= 15 is 0 Å². The number of rotatable bonds is 6. The Bertz CT molecular complexity index is 416. The molecule has 118 valence electrons. The van der Waals surface area contributed by atoms with E-state index in [2.05, 4.69) is 50.4 Å². The molecule has 0 saturated heterocycles. The Balaban J connectivity index is 2.22. The van der Waals surface area contributed by atoms with E-state index in [0.29, 0.717) is 5.92 Å². The second kappa shape index (κ2) is 8.43. The summed E-state index contributed by atoms with van der Waals surface area (Å²) in [5.74, 6) is 2.48. The highest BCUT2D eigenvalue weighted by Gasteiger charge is 2.27. The Kier molecular flexibility index (Phi) is 6.56. The van der Waals surface area contributed by atoms with Gasteiger partial charge in [0.05, 0.1) is 6.10 Å². The molecular weight excluding hydrogens is 258 g/mol. The van der Waals surface area contributed by atoms with Gasteiger partial charge in [0.15, 0.2) is 0 Å². The van der Waals surface area contributed by atoms with Gasteiger partial charge in [0, 0.05) is 0 Å². The minimum atomic E-state index is 0.240. The minimum Gasteiger partial charge on any atom is -0.491 e. The van der Waals surface area contributed by atoms with Crippen LogP contribution in [-0.4, -0.2) is 19.2 Å². The monoisotopic (exact) mass is 289 g/mol. The molecule has 0 amide bonds. The zero-order chi connectivity index (χ0) is 15.1. The van der Waals surface area contributed by atoms with Gasteiger partial charge >= 0.3 is 0 Å². The topological polar surface area (TPSA) is 21.3 Å². The third kappa shape index (κ3) is 4.74. The first-order valence-electron chi connectivity index (χ1n) is 8.68. The Hall–Kier alpha value is -1.02. The number of benzene rings is 1. The van der Waals surface area contributed by atoms with Crippen molar-refractivity contribution >= 4 is 0 Å². The van der Waals surface area contributed by atoms with Crippen LogP contribution in [0.3, 0.4) is 0 Å². The summed E-state index contributed by atoms with van der Waals surface area (Å²) in [7, 11) is 0. The van der Waals surface area contributed by atoms with E-state index in [1.165, 1.54) is 37.7 Å². The van der Waals surface area contributed by atoms with Crippen molar-refractivity contribution in [2.75, 3.05) is 13.1 Å². The van der Waals surface area contributed by atoms with Crippen molar-refractivity contribution in [3.63, 3.8) is 0 Å². The molecule has 1 aliphatic carbocycles. The van der Waals surface area contributed by atoms with Crippen LogP contribution in [0.2, 0.25) is 0 Å². The fraction of sp³-hybridized carbons (Fsp3) is 0.684. The highest BCUT2D eigenvalue weighted by atomic mass is 16.5. The first-order valence-corrected chi connectivity index (χ1v) is 8.68. The molecule has 0 aromatic heterocycles. The molecule has 21 heavy (non-hydrogen) atoms.